The third-order valence-electron chi connectivity index (χ3n) is 4.23. The van der Waals surface area contributed by atoms with Crippen molar-refractivity contribution in [3.63, 3.8) is 0 Å². The molecular formula is C18H22N4O3. The summed E-state index contributed by atoms with van der Waals surface area (Å²) in [6, 6.07) is 7.51. The zero-order valence-corrected chi connectivity index (χ0v) is 14.2. The van der Waals surface area contributed by atoms with E-state index < -0.39 is 0 Å². The van der Waals surface area contributed by atoms with Gasteiger partial charge in [0, 0.05) is 43.9 Å². The highest BCUT2D eigenvalue weighted by atomic mass is 16.5. The molecule has 25 heavy (non-hydrogen) atoms. The Labute approximate surface area is 146 Å². The lowest BCUT2D eigenvalue weighted by Gasteiger charge is -2.37. The second-order valence-corrected chi connectivity index (χ2v) is 5.79. The molecule has 2 amide bonds. The second kappa shape index (κ2) is 7.83. The lowest BCUT2D eigenvalue weighted by atomic mass is 10.0. The number of aromatic nitrogens is 2. The average Bonchev–Trinajstić information content (AvgIpc) is 3.10. The van der Waals surface area contributed by atoms with Gasteiger partial charge in [-0.1, -0.05) is 0 Å². The molecular weight excluding hydrogens is 320 g/mol. The van der Waals surface area contributed by atoms with Gasteiger partial charge in [-0.15, -0.1) is 0 Å². The van der Waals surface area contributed by atoms with Crippen LogP contribution in [0, 0.1) is 0 Å². The van der Waals surface area contributed by atoms with Gasteiger partial charge in [-0.25, -0.2) is 4.79 Å². The molecule has 0 bridgehead atoms. The number of ether oxygens (including phenoxy) is 1. The number of esters is 1. The first-order chi connectivity index (χ1) is 12.2. The van der Waals surface area contributed by atoms with E-state index in [1.807, 2.05) is 30.5 Å². The number of pyridine rings is 1. The van der Waals surface area contributed by atoms with Gasteiger partial charge in [-0.05, 0) is 36.8 Å². The van der Waals surface area contributed by atoms with Crippen LogP contribution in [-0.4, -0.2) is 46.1 Å². The molecule has 132 valence electrons. The van der Waals surface area contributed by atoms with Crippen molar-refractivity contribution >= 4 is 12.0 Å². The first-order valence-electron chi connectivity index (χ1n) is 8.45. The van der Waals surface area contributed by atoms with Crippen LogP contribution in [0.3, 0.4) is 0 Å². The summed E-state index contributed by atoms with van der Waals surface area (Å²) in [4.78, 5) is 30.0. The maximum absolute atomic E-state index is 12.7. The van der Waals surface area contributed by atoms with Crippen molar-refractivity contribution in [2.75, 3.05) is 19.7 Å². The van der Waals surface area contributed by atoms with Gasteiger partial charge >= 0.3 is 12.0 Å². The van der Waals surface area contributed by atoms with Gasteiger partial charge in [0.2, 0.25) is 0 Å². The number of carbonyl (C=O) groups excluding carboxylic acids is 2. The zero-order valence-electron chi connectivity index (χ0n) is 14.2. The summed E-state index contributed by atoms with van der Waals surface area (Å²) in [5.41, 5.74) is 2.08. The van der Waals surface area contributed by atoms with Gasteiger partial charge in [0.1, 0.15) is 0 Å². The van der Waals surface area contributed by atoms with Crippen molar-refractivity contribution in [3.05, 3.63) is 54.1 Å². The fourth-order valence-corrected chi connectivity index (χ4v) is 3.10. The van der Waals surface area contributed by atoms with Crippen molar-refractivity contribution in [2.24, 2.45) is 0 Å². The van der Waals surface area contributed by atoms with Crippen molar-refractivity contribution in [3.8, 4) is 0 Å². The van der Waals surface area contributed by atoms with Crippen LogP contribution in [0.1, 0.15) is 30.6 Å². The number of hydrogen-bond acceptors (Lipinski definition) is 4. The van der Waals surface area contributed by atoms with Crippen molar-refractivity contribution < 1.29 is 14.3 Å². The van der Waals surface area contributed by atoms with E-state index in [0.29, 0.717) is 13.2 Å². The SMILES string of the molecule is CCOC(=O)CCNC(=O)N1CCn2cccc2[C@H]1c1ccncc1. The van der Waals surface area contributed by atoms with Crippen molar-refractivity contribution in [1.82, 2.24) is 19.8 Å². The van der Waals surface area contributed by atoms with Crippen LogP contribution >= 0.6 is 0 Å². The summed E-state index contributed by atoms with van der Waals surface area (Å²) in [6.07, 6.45) is 5.66. The second-order valence-electron chi connectivity index (χ2n) is 5.79. The van der Waals surface area contributed by atoms with Crippen LogP contribution in [0.2, 0.25) is 0 Å². The molecule has 0 aromatic carbocycles. The van der Waals surface area contributed by atoms with Gasteiger partial charge in [-0.3, -0.25) is 9.78 Å². The van der Waals surface area contributed by atoms with E-state index in [1.54, 1.807) is 24.2 Å². The maximum Gasteiger partial charge on any atom is 0.318 e. The molecule has 1 atom stereocenters. The molecule has 1 N–H and O–H groups in total. The molecule has 2 aromatic heterocycles. The molecule has 2 aromatic rings. The molecule has 0 unspecified atom stereocenters. The van der Waals surface area contributed by atoms with Crippen LogP contribution in [0.4, 0.5) is 4.79 Å². The largest absolute Gasteiger partial charge is 0.466 e. The molecule has 3 heterocycles. The van der Waals surface area contributed by atoms with Gasteiger partial charge < -0.3 is 19.5 Å². The van der Waals surface area contributed by atoms with Gasteiger partial charge in [-0.2, -0.15) is 0 Å². The van der Waals surface area contributed by atoms with E-state index >= 15 is 0 Å². The topological polar surface area (TPSA) is 76.5 Å². The quantitative estimate of drug-likeness (QED) is 0.843. The molecule has 0 saturated heterocycles. The average molecular weight is 342 g/mol. The minimum Gasteiger partial charge on any atom is -0.466 e. The highest BCUT2D eigenvalue weighted by Gasteiger charge is 2.32. The standard InChI is InChI=1S/C18H22N4O3/c1-2-25-16(23)7-10-20-18(24)22-13-12-21-11-3-4-15(21)17(22)14-5-8-19-9-6-14/h3-6,8-9,11,17H,2,7,10,12-13H2,1H3,(H,20,24)/t17-/m1/s1. The van der Waals surface area contributed by atoms with E-state index in [0.717, 1.165) is 17.8 Å². The predicted octanol–water partition coefficient (Wildman–Crippen LogP) is 1.95. The fourth-order valence-electron chi connectivity index (χ4n) is 3.10. The molecule has 7 nitrogen and oxygen atoms in total. The van der Waals surface area contributed by atoms with Gasteiger partial charge in [0.25, 0.3) is 0 Å². The Morgan fingerprint density at radius 1 is 1.28 bits per heavy atom. The van der Waals surface area contributed by atoms with Crippen LogP contribution in [0.5, 0.6) is 0 Å². The molecule has 0 fully saturated rings. The van der Waals surface area contributed by atoms with E-state index in [1.165, 1.54) is 0 Å². The third kappa shape index (κ3) is 3.81. The lowest BCUT2D eigenvalue weighted by molar-refractivity contribution is -0.142. The lowest BCUT2D eigenvalue weighted by Crippen LogP contribution is -2.47. The summed E-state index contributed by atoms with van der Waals surface area (Å²) in [5.74, 6) is -0.305. The Balaban J connectivity index is 1.73. The minimum atomic E-state index is -0.305. The number of carbonyl (C=O) groups is 2. The minimum absolute atomic E-state index is 0.170. The summed E-state index contributed by atoms with van der Waals surface area (Å²) < 4.78 is 7.04. The van der Waals surface area contributed by atoms with Crippen LogP contribution in [0.15, 0.2) is 42.9 Å². The molecule has 1 aliphatic rings. The molecule has 0 radical (unpaired) electrons. The van der Waals surface area contributed by atoms with E-state index in [4.69, 9.17) is 4.74 Å². The first-order valence-corrected chi connectivity index (χ1v) is 8.45. The Morgan fingerprint density at radius 2 is 2.08 bits per heavy atom. The molecule has 0 saturated carbocycles. The van der Waals surface area contributed by atoms with Crippen LogP contribution < -0.4 is 5.32 Å². The van der Waals surface area contributed by atoms with Gasteiger partial charge in [0.05, 0.1) is 19.1 Å². The molecule has 0 aliphatic carbocycles. The van der Waals surface area contributed by atoms with Crippen molar-refractivity contribution in [1.29, 1.82) is 0 Å². The van der Waals surface area contributed by atoms with Gasteiger partial charge in [0.15, 0.2) is 0 Å². The Kier molecular flexibility index (Phi) is 5.33. The predicted molar refractivity (Wildman–Crippen MR) is 91.9 cm³/mol. The molecule has 7 heteroatoms. The zero-order chi connectivity index (χ0) is 17.6. The van der Waals surface area contributed by atoms with Crippen LogP contribution in [-0.2, 0) is 16.1 Å². The van der Waals surface area contributed by atoms with E-state index in [9.17, 15) is 9.59 Å². The summed E-state index contributed by atoms with van der Waals surface area (Å²) >= 11 is 0. The summed E-state index contributed by atoms with van der Waals surface area (Å²) in [6.45, 7) is 3.71. The Hall–Kier alpha value is -2.83. The highest BCUT2D eigenvalue weighted by molar-refractivity contribution is 5.76. The number of hydrogen-bond donors (Lipinski definition) is 1. The monoisotopic (exact) mass is 342 g/mol. The fraction of sp³-hybridized carbons (Fsp3) is 0.389. The molecule has 3 rings (SSSR count). The number of rotatable bonds is 5. The Bertz CT molecular complexity index is 729. The number of fused-ring (bicyclic) bond motifs is 1. The summed E-state index contributed by atoms with van der Waals surface area (Å²) in [5, 5.41) is 2.83. The number of urea groups is 1. The third-order valence-corrected chi connectivity index (χ3v) is 4.23. The summed E-state index contributed by atoms with van der Waals surface area (Å²) in [7, 11) is 0. The number of nitrogens with zero attached hydrogens (tertiary/aromatic N) is 3. The highest BCUT2D eigenvalue weighted by Crippen LogP contribution is 2.31. The normalized spacial score (nSPS) is 16.2. The van der Waals surface area contributed by atoms with Crippen LogP contribution in [0.25, 0.3) is 0 Å². The first kappa shape index (κ1) is 17.0. The number of amides is 2. The number of nitrogens with one attached hydrogen (secondary N) is 1. The Morgan fingerprint density at radius 3 is 2.84 bits per heavy atom. The van der Waals surface area contributed by atoms with E-state index in [2.05, 4.69) is 14.9 Å². The maximum atomic E-state index is 12.7. The van der Waals surface area contributed by atoms with E-state index in [-0.39, 0.29) is 31.0 Å². The molecule has 0 spiro atoms. The van der Waals surface area contributed by atoms with Crippen molar-refractivity contribution in [2.45, 2.75) is 25.9 Å². The smallest absolute Gasteiger partial charge is 0.318 e. The molecule has 1 aliphatic heterocycles.